The summed E-state index contributed by atoms with van der Waals surface area (Å²) in [5, 5.41) is -1.02. The molecule has 2 saturated heterocycles. The summed E-state index contributed by atoms with van der Waals surface area (Å²) in [6.07, 6.45) is 1.38. The average Bonchev–Trinajstić information content (AvgIpc) is 2.99. The molecule has 0 unspecified atom stereocenters. The molecule has 150 valence electrons. The molecule has 0 bridgehead atoms. The summed E-state index contributed by atoms with van der Waals surface area (Å²) in [5.74, 6) is -1.22. The molecule has 0 aliphatic carbocycles. The van der Waals surface area contributed by atoms with Crippen molar-refractivity contribution in [2.45, 2.75) is 36.0 Å². The van der Waals surface area contributed by atoms with Crippen LogP contribution in [-0.2, 0) is 29.2 Å². The quantitative estimate of drug-likeness (QED) is 0.659. The van der Waals surface area contributed by atoms with Gasteiger partial charge in [-0.1, -0.05) is 18.2 Å². The molecule has 2 fully saturated rings. The Morgan fingerprint density at radius 2 is 1.93 bits per heavy atom. The number of ether oxygens (including phenoxy) is 1. The van der Waals surface area contributed by atoms with Crippen LogP contribution in [0.2, 0.25) is 0 Å². The van der Waals surface area contributed by atoms with Crippen molar-refractivity contribution in [3.8, 4) is 0 Å². The predicted octanol–water partition coefficient (Wildman–Crippen LogP) is 0.901. The van der Waals surface area contributed by atoms with E-state index in [1.165, 1.54) is 12.1 Å². The number of piperidine rings is 1. The lowest BCUT2D eigenvalue weighted by atomic mass is 9.96. The molecule has 3 rings (SSSR count). The third kappa shape index (κ3) is 4.35. The first-order valence-corrected chi connectivity index (χ1v) is 12.5. The van der Waals surface area contributed by atoms with Gasteiger partial charge in [0.15, 0.2) is 19.7 Å². The summed E-state index contributed by atoms with van der Waals surface area (Å²) in [5.41, 5.74) is 0. The second-order valence-corrected chi connectivity index (χ2v) is 11.4. The largest absolute Gasteiger partial charge is 0.466 e. The number of hydrogen-bond donors (Lipinski definition) is 0. The molecule has 0 amide bonds. The summed E-state index contributed by atoms with van der Waals surface area (Å²) in [6, 6.07) is 7.32. The lowest BCUT2D eigenvalue weighted by Gasteiger charge is -2.37. The highest BCUT2D eigenvalue weighted by atomic mass is 32.2. The number of nitrogens with zero attached hydrogens (tertiary/aromatic N) is 1. The summed E-state index contributed by atoms with van der Waals surface area (Å²) in [7, 11) is -7.26. The third-order valence-electron chi connectivity index (χ3n) is 5.28. The van der Waals surface area contributed by atoms with E-state index >= 15 is 0 Å². The molecule has 2 aliphatic rings. The first-order valence-electron chi connectivity index (χ1n) is 9.14. The van der Waals surface area contributed by atoms with Crippen LogP contribution < -0.4 is 0 Å². The maximum absolute atomic E-state index is 13.1. The Labute approximate surface area is 160 Å². The maximum atomic E-state index is 13.1. The van der Waals surface area contributed by atoms with Gasteiger partial charge in [0.25, 0.3) is 0 Å². The molecular weight excluding hydrogens is 390 g/mol. The van der Waals surface area contributed by atoms with Crippen LogP contribution in [-0.4, -0.2) is 70.2 Å². The van der Waals surface area contributed by atoms with Gasteiger partial charge in [-0.05, 0) is 38.4 Å². The highest BCUT2D eigenvalue weighted by molar-refractivity contribution is 7.96. The van der Waals surface area contributed by atoms with E-state index in [1.807, 2.05) is 4.90 Å². The van der Waals surface area contributed by atoms with Gasteiger partial charge in [-0.2, -0.15) is 0 Å². The van der Waals surface area contributed by atoms with Gasteiger partial charge in [0.05, 0.1) is 34.2 Å². The summed E-state index contributed by atoms with van der Waals surface area (Å²) in [6.45, 7) is 2.94. The maximum Gasteiger partial charge on any atom is 0.310 e. The number of esters is 1. The minimum atomic E-state index is -3.79. The van der Waals surface area contributed by atoms with Crippen molar-refractivity contribution < 1.29 is 26.4 Å². The second-order valence-electron chi connectivity index (χ2n) is 7.13. The van der Waals surface area contributed by atoms with Gasteiger partial charge >= 0.3 is 5.97 Å². The molecule has 7 nitrogen and oxygen atoms in total. The van der Waals surface area contributed by atoms with E-state index in [2.05, 4.69) is 0 Å². The van der Waals surface area contributed by atoms with E-state index in [4.69, 9.17) is 4.74 Å². The Bertz CT molecular complexity index is 882. The topological polar surface area (TPSA) is 97.8 Å². The average molecular weight is 416 g/mol. The predicted molar refractivity (Wildman–Crippen MR) is 101 cm³/mol. The normalized spacial score (nSPS) is 28.7. The third-order valence-corrected chi connectivity index (χ3v) is 9.42. The van der Waals surface area contributed by atoms with E-state index in [0.29, 0.717) is 25.9 Å². The summed E-state index contributed by atoms with van der Waals surface area (Å²) < 4.78 is 55.9. The molecule has 9 heteroatoms. The molecular formula is C18H25NO6S2. The fraction of sp³-hybridized carbons (Fsp3) is 0.611. The molecule has 0 spiro atoms. The number of carbonyl (C=O) groups excluding carboxylic acids is 1. The molecule has 27 heavy (non-hydrogen) atoms. The Morgan fingerprint density at radius 1 is 1.22 bits per heavy atom. The van der Waals surface area contributed by atoms with E-state index in [1.54, 1.807) is 25.1 Å². The number of likely N-dealkylation sites (tertiary alicyclic amines) is 1. The van der Waals surface area contributed by atoms with Crippen molar-refractivity contribution in [1.29, 1.82) is 0 Å². The molecule has 0 aromatic heterocycles. The van der Waals surface area contributed by atoms with Gasteiger partial charge in [0, 0.05) is 12.6 Å². The van der Waals surface area contributed by atoms with Crippen LogP contribution in [0.3, 0.4) is 0 Å². The van der Waals surface area contributed by atoms with Gasteiger partial charge in [0.1, 0.15) is 0 Å². The van der Waals surface area contributed by atoms with E-state index < -0.39 is 31.0 Å². The fourth-order valence-electron chi connectivity index (χ4n) is 3.98. The van der Waals surface area contributed by atoms with Crippen molar-refractivity contribution in [2.75, 3.05) is 31.2 Å². The molecule has 2 heterocycles. The van der Waals surface area contributed by atoms with Crippen molar-refractivity contribution in [2.24, 2.45) is 5.92 Å². The number of sulfone groups is 2. The molecule has 1 aromatic rings. The Morgan fingerprint density at radius 3 is 2.59 bits per heavy atom. The van der Waals surface area contributed by atoms with Crippen LogP contribution in [0, 0.1) is 5.92 Å². The Hall–Kier alpha value is -1.45. The smallest absolute Gasteiger partial charge is 0.310 e. The lowest BCUT2D eigenvalue weighted by Crippen LogP contribution is -2.51. The van der Waals surface area contributed by atoms with Crippen molar-refractivity contribution in [3.63, 3.8) is 0 Å². The Kier molecular flexibility index (Phi) is 5.93. The molecule has 0 N–H and O–H groups in total. The van der Waals surface area contributed by atoms with Crippen LogP contribution in [0.15, 0.2) is 35.2 Å². The highest BCUT2D eigenvalue weighted by Gasteiger charge is 2.49. The minimum Gasteiger partial charge on any atom is -0.466 e. The standard InChI is InChI=1S/C18H25NO6S2/c1-2-25-18(20)14-7-6-10-19(11-14)16-12-26(21,22)13-17(16)27(23,24)15-8-4-3-5-9-15/h3-5,8-9,14,16-17H,2,6-7,10-13H2,1H3/t14-,16-,17-/m0/s1. The van der Waals surface area contributed by atoms with Crippen LogP contribution in [0.4, 0.5) is 0 Å². The van der Waals surface area contributed by atoms with Gasteiger partial charge in [0.2, 0.25) is 0 Å². The number of carbonyl (C=O) groups is 1. The van der Waals surface area contributed by atoms with Crippen LogP contribution >= 0.6 is 0 Å². The van der Waals surface area contributed by atoms with Crippen molar-refractivity contribution in [1.82, 2.24) is 4.90 Å². The zero-order valence-corrected chi connectivity index (χ0v) is 16.9. The Balaban J connectivity index is 1.87. The molecule has 0 saturated carbocycles. The SMILES string of the molecule is CCOC(=O)[C@H]1CCCN([C@H]2CS(=O)(=O)C[C@@H]2S(=O)(=O)c2ccccc2)C1. The van der Waals surface area contributed by atoms with Crippen LogP contribution in [0.25, 0.3) is 0 Å². The van der Waals surface area contributed by atoms with Gasteiger partial charge in [-0.3, -0.25) is 9.69 Å². The number of benzene rings is 1. The molecule has 2 aliphatic heterocycles. The zero-order chi connectivity index (χ0) is 19.7. The minimum absolute atomic E-state index is 0.135. The van der Waals surface area contributed by atoms with Crippen LogP contribution in [0.1, 0.15) is 19.8 Å². The molecule has 1 aromatic carbocycles. The van der Waals surface area contributed by atoms with E-state index in [9.17, 15) is 21.6 Å². The number of hydrogen-bond acceptors (Lipinski definition) is 7. The van der Waals surface area contributed by atoms with Crippen molar-refractivity contribution >= 4 is 25.6 Å². The monoisotopic (exact) mass is 415 g/mol. The highest BCUT2D eigenvalue weighted by Crippen LogP contribution is 2.31. The van der Waals surface area contributed by atoms with Gasteiger partial charge in [-0.25, -0.2) is 16.8 Å². The van der Waals surface area contributed by atoms with Crippen LogP contribution in [0.5, 0.6) is 0 Å². The summed E-state index contributed by atoms with van der Waals surface area (Å²) in [4.78, 5) is 14.1. The van der Waals surface area contributed by atoms with Gasteiger partial charge < -0.3 is 4.74 Å². The first-order chi connectivity index (χ1) is 12.7. The lowest BCUT2D eigenvalue weighted by molar-refractivity contribution is -0.150. The zero-order valence-electron chi connectivity index (χ0n) is 15.3. The fourth-order valence-corrected chi connectivity index (χ4v) is 8.83. The van der Waals surface area contributed by atoms with Gasteiger partial charge in [-0.15, -0.1) is 0 Å². The van der Waals surface area contributed by atoms with E-state index in [-0.39, 0.29) is 34.9 Å². The first kappa shape index (κ1) is 20.3. The second kappa shape index (κ2) is 7.89. The van der Waals surface area contributed by atoms with E-state index in [0.717, 1.165) is 0 Å². The van der Waals surface area contributed by atoms with Crippen molar-refractivity contribution in [3.05, 3.63) is 30.3 Å². The molecule has 0 radical (unpaired) electrons. The molecule has 3 atom stereocenters. The summed E-state index contributed by atoms with van der Waals surface area (Å²) >= 11 is 0. The number of rotatable bonds is 5.